The summed E-state index contributed by atoms with van der Waals surface area (Å²) >= 11 is 0. The molecule has 2 fully saturated rings. The Morgan fingerprint density at radius 3 is 2.46 bits per heavy atom. The third kappa shape index (κ3) is 3.93. The van der Waals surface area contributed by atoms with Crippen LogP contribution in [0.3, 0.4) is 0 Å². The second-order valence-electron chi connectivity index (χ2n) is 7.44. The lowest BCUT2D eigenvalue weighted by Gasteiger charge is -2.28. The lowest BCUT2D eigenvalue weighted by molar-refractivity contribution is -0.159. The van der Waals surface area contributed by atoms with E-state index in [1.165, 1.54) is 13.8 Å². The molecule has 0 aromatic rings. The molecule has 3 amide bonds. The van der Waals surface area contributed by atoms with Crippen molar-refractivity contribution in [2.24, 2.45) is 11.1 Å². The average molecular weight is 391 g/mol. The molecule has 2 rings (SSSR count). The smallest absolute Gasteiger partial charge is 0.366 e. The Bertz CT molecular complexity index is 704. The number of carbonyl (C=O) groups excluding carboxylic acids is 3. The number of esters is 1. The van der Waals surface area contributed by atoms with Crippen molar-refractivity contribution in [2.75, 3.05) is 13.2 Å². The van der Waals surface area contributed by atoms with Gasteiger partial charge < -0.3 is 15.4 Å². The van der Waals surface area contributed by atoms with E-state index in [9.17, 15) is 22.8 Å². The first kappa shape index (κ1) is 20.4. The third-order valence-corrected chi connectivity index (χ3v) is 5.71. The fraction of sp³-hybridized carbons (Fsp3) is 0.800. The second kappa shape index (κ2) is 7.03. The molecule has 26 heavy (non-hydrogen) atoms. The summed E-state index contributed by atoms with van der Waals surface area (Å²) in [6.07, 6.45) is 0.262. The maximum Gasteiger partial charge on any atom is 0.366 e. The molecule has 2 atom stereocenters. The molecule has 2 aliphatic rings. The van der Waals surface area contributed by atoms with Crippen LogP contribution in [-0.2, 0) is 28.8 Å². The summed E-state index contributed by atoms with van der Waals surface area (Å²) in [4.78, 5) is 37.1. The summed E-state index contributed by atoms with van der Waals surface area (Å²) in [5, 5.41) is 0. The van der Waals surface area contributed by atoms with Crippen molar-refractivity contribution in [1.29, 1.82) is 0 Å². The molecule has 2 saturated heterocycles. The topological polar surface area (TPSA) is 136 Å². The zero-order valence-corrected chi connectivity index (χ0v) is 16.1. The summed E-state index contributed by atoms with van der Waals surface area (Å²) in [7, 11) is -4.43. The van der Waals surface area contributed by atoms with Gasteiger partial charge in [-0.15, -0.1) is 0 Å². The van der Waals surface area contributed by atoms with Crippen LogP contribution in [0.4, 0.5) is 4.79 Å². The zero-order chi connectivity index (χ0) is 19.9. The van der Waals surface area contributed by atoms with Gasteiger partial charge in [0.2, 0.25) is 5.91 Å². The lowest BCUT2D eigenvalue weighted by atomic mass is 9.95. The highest BCUT2D eigenvalue weighted by molar-refractivity contribution is 7.84. The van der Waals surface area contributed by atoms with Gasteiger partial charge in [-0.25, -0.2) is 4.79 Å². The number of nitrogens with two attached hydrogens (primary N) is 1. The van der Waals surface area contributed by atoms with Gasteiger partial charge in [0.1, 0.15) is 6.04 Å². The van der Waals surface area contributed by atoms with Gasteiger partial charge in [0, 0.05) is 6.54 Å². The molecule has 0 aromatic carbocycles. The predicted octanol–water partition coefficient (Wildman–Crippen LogP) is -0.0205. The zero-order valence-electron chi connectivity index (χ0n) is 15.3. The minimum atomic E-state index is -4.43. The molecule has 0 saturated carbocycles. The molecule has 0 aliphatic carbocycles. The average Bonchev–Trinajstić information content (AvgIpc) is 2.76. The van der Waals surface area contributed by atoms with E-state index < -0.39 is 52.3 Å². The Balaban J connectivity index is 2.10. The molecular weight excluding hydrogens is 366 g/mol. The van der Waals surface area contributed by atoms with Crippen molar-refractivity contribution < 1.29 is 31.7 Å². The van der Waals surface area contributed by atoms with Gasteiger partial charge in [0.25, 0.3) is 0 Å². The van der Waals surface area contributed by atoms with Crippen LogP contribution in [0, 0.1) is 5.41 Å². The van der Waals surface area contributed by atoms with Gasteiger partial charge in [-0.1, -0.05) is 0 Å². The van der Waals surface area contributed by atoms with Crippen LogP contribution in [0.15, 0.2) is 0 Å². The molecule has 11 heteroatoms. The van der Waals surface area contributed by atoms with Crippen molar-refractivity contribution in [1.82, 2.24) is 9.21 Å². The van der Waals surface area contributed by atoms with E-state index in [2.05, 4.69) is 0 Å². The molecule has 148 valence electrons. The van der Waals surface area contributed by atoms with Crippen LogP contribution in [-0.4, -0.2) is 66.9 Å². The van der Waals surface area contributed by atoms with E-state index in [0.29, 0.717) is 17.1 Å². The predicted molar refractivity (Wildman–Crippen MR) is 89.8 cm³/mol. The molecular formula is C15H25N3O7S. The standard InChI is InChI=1S/C15H25N3O7S/c1-9(2)25-13(20)15(3,4)8-24-26(22,23)18-10-5-6-11(12(16)19)17(7-10)14(18)21/h9-11H,5-8H2,1-4H3,(H2,16,19)/t10-,11+/m1/s1. The number of hydrogen-bond acceptors (Lipinski definition) is 7. The van der Waals surface area contributed by atoms with E-state index in [-0.39, 0.29) is 12.6 Å². The van der Waals surface area contributed by atoms with Gasteiger partial charge in [0.05, 0.1) is 24.2 Å². The highest BCUT2D eigenvalue weighted by atomic mass is 32.2. The lowest BCUT2D eigenvalue weighted by Crippen LogP contribution is -2.48. The Labute approximate surface area is 152 Å². The normalized spacial score (nSPS) is 23.5. The van der Waals surface area contributed by atoms with Crippen LogP contribution in [0.1, 0.15) is 40.5 Å². The first-order chi connectivity index (χ1) is 11.9. The summed E-state index contributed by atoms with van der Waals surface area (Å²) in [5.41, 5.74) is 4.06. The van der Waals surface area contributed by atoms with Crippen molar-refractivity contribution in [3.8, 4) is 0 Å². The van der Waals surface area contributed by atoms with Gasteiger partial charge in [0.15, 0.2) is 0 Å². The first-order valence-electron chi connectivity index (χ1n) is 8.36. The fourth-order valence-corrected chi connectivity index (χ4v) is 4.31. The third-order valence-electron chi connectivity index (χ3n) is 4.36. The number of hydrogen-bond donors (Lipinski definition) is 1. The Hall–Kier alpha value is -1.88. The Morgan fingerprint density at radius 1 is 1.31 bits per heavy atom. The second-order valence-corrected chi connectivity index (χ2v) is 8.92. The molecule has 0 radical (unpaired) electrons. The summed E-state index contributed by atoms with van der Waals surface area (Å²) < 4.78 is 35.8. The monoisotopic (exact) mass is 391 g/mol. The van der Waals surface area contributed by atoms with Gasteiger partial charge >= 0.3 is 22.3 Å². The minimum Gasteiger partial charge on any atom is -0.462 e. The van der Waals surface area contributed by atoms with Crippen LogP contribution < -0.4 is 5.73 Å². The number of rotatable bonds is 7. The molecule has 2 aliphatic heterocycles. The maximum absolute atomic E-state index is 12.5. The van der Waals surface area contributed by atoms with Gasteiger partial charge in [-0.2, -0.15) is 12.7 Å². The van der Waals surface area contributed by atoms with Crippen LogP contribution in [0.5, 0.6) is 0 Å². The van der Waals surface area contributed by atoms with Crippen LogP contribution in [0.25, 0.3) is 0 Å². The number of nitrogens with zero attached hydrogens (tertiary/aromatic N) is 2. The van der Waals surface area contributed by atoms with Crippen molar-refractivity contribution >= 4 is 28.2 Å². The number of fused-ring (bicyclic) bond motifs is 2. The van der Waals surface area contributed by atoms with E-state index in [0.717, 1.165) is 4.90 Å². The highest BCUT2D eigenvalue weighted by Gasteiger charge is 2.52. The number of ether oxygens (including phenoxy) is 1. The fourth-order valence-electron chi connectivity index (χ4n) is 2.92. The van der Waals surface area contributed by atoms with Crippen LogP contribution in [0.2, 0.25) is 0 Å². The molecule has 0 unspecified atom stereocenters. The van der Waals surface area contributed by atoms with Gasteiger partial charge in [-0.3, -0.25) is 13.8 Å². The SMILES string of the molecule is CC(C)OC(=O)C(C)(C)COS(=O)(=O)N1C(=O)N2C[C@H]1CC[C@H]2C(N)=O. The quantitative estimate of drug-likeness (QED) is 0.602. The van der Waals surface area contributed by atoms with Crippen molar-refractivity contribution in [3.05, 3.63) is 0 Å². The summed E-state index contributed by atoms with van der Waals surface area (Å²) in [5.74, 6) is -1.28. The van der Waals surface area contributed by atoms with E-state index in [1.54, 1.807) is 13.8 Å². The van der Waals surface area contributed by atoms with E-state index in [1.807, 2.05) is 0 Å². The number of primary amides is 1. The molecule has 2 N–H and O–H groups in total. The number of carbonyl (C=O) groups is 3. The van der Waals surface area contributed by atoms with Crippen molar-refractivity contribution in [2.45, 2.75) is 58.7 Å². The molecule has 10 nitrogen and oxygen atoms in total. The number of piperidine rings is 1. The minimum absolute atomic E-state index is 0.0911. The van der Waals surface area contributed by atoms with E-state index in [4.69, 9.17) is 14.7 Å². The molecule has 2 heterocycles. The van der Waals surface area contributed by atoms with Crippen LogP contribution >= 0.6 is 0 Å². The maximum atomic E-state index is 12.5. The van der Waals surface area contributed by atoms with Crippen molar-refractivity contribution in [3.63, 3.8) is 0 Å². The number of urea groups is 1. The molecule has 0 aromatic heterocycles. The molecule has 0 spiro atoms. The van der Waals surface area contributed by atoms with Gasteiger partial charge in [-0.05, 0) is 40.5 Å². The summed E-state index contributed by atoms with van der Waals surface area (Å²) in [6.45, 7) is 5.95. The highest BCUT2D eigenvalue weighted by Crippen LogP contribution is 2.33. The number of amides is 3. The Kier molecular flexibility index (Phi) is 5.52. The molecule has 2 bridgehead atoms. The summed E-state index contributed by atoms with van der Waals surface area (Å²) in [6, 6.07) is -2.27. The largest absolute Gasteiger partial charge is 0.462 e. The first-order valence-corrected chi connectivity index (χ1v) is 9.73. The van der Waals surface area contributed by atoms with E-state index >= 15 is 0 Å². The Morgan fingerprint density at radius 2 is 1.92 bits per heavy atom.